The number of nitrogens with zero attached hydrogens (tertiary/aromatic N) is 1. The number of para-hydroxylation sites is 1. The molecule has 1 heterocycles. The molecular formula is C22H27FN2O3. The zero-order valence-electron chi connectivity index (χ0n) is 16.5. The number of anilines is 2. The van der Waals surface area contributed by atoms with Crippen LogP contribution in [0.5, 0.6) is 11.5 Å². The average Bonchev–Trinajstić information content (AvgIpc) is 2.72. The molecule has 1 amide bonds. The molecule has 5 nitrogen and oxygen atoms in total. The lowest BCUT2D eigenvalue weighted by molar-refractivity contribution is -0.116. The fourth-order valence-electron chi connectivity index (χ4n) is 3.63. The van der Waals surface area contributed by atoms with E-state index in [0.29, 0.717) is 23.6 Å². The standard InChI is InChI=1S/C22H27FN2O3/c1-27-20-8-6-7-16(22(20)28-2)9-12-21(26)24-18-15-17(23)10-11-19(18)25-13-4-3-5-14-25/h6-8,10-11,15H,3-5,9,12-14H2,1-2H3,(H,24,26). The summed E-state index contributed by atoms with van der Waals surface area (Å²) in [5.74, 6) is 0.759. The van der Waals surface area contributed by atoms with Gasteiger partial charge in [-0.2, -0.15) is 0 Å². The van der Waals surface area contributed by atoms with Crippen LogP contribution in [0.25, 0.3) is 0 Å². The minimum atomic E-state index is -0.356. The number of hydrogen-bond donors (Lipinski definition) is 1. The van der Waals surface area contributed by atoms with Crippen LogP contribution < -0.4 is 19.7 Å². The molecule has 0 radical (unpaired) electrons. The highest BCUT2D eigenvalue weighted by molar-refractivity contribution is 5.94. The van der Waals surface area contributed by atoms with Gasteiger partial charge in [-0.05, 0) is 55.5 Å². The van der Waals surface area contributed by atoms with E-state index >= 15 is 0 Å². The SMILES string of the molecule is COc1cccc(CCC(=O)Nc2cc(F)ccc2N2CCCCC2)c1OC. The summed E-state index contributed by atoms with van der Waals surface area (Å²) >= 11 is 0. The van der Waals surface area contributed by atoms with Gasteiger partial charge in [-0.15, -0.1) is 0 Å². The van der Waals surface area contributed by atoms with Crippen LogP contribution in [0.1, 0.15) is 31.2 Å². The Labute approximate surface area is 165 Å². The summed E-state index contributed by atoms with van der Waals surface area (Å²) in [6.45, 7) is 1.85. The van der Waals surface area contributed by atoms with Crippen molar-refractivity contribution in [2.24, 2.45) is 0 Å². The molecule has 0 saturated carbocycles. The largest absolute Gasteiger partial charge is 0.493 e. The monoisotopic (exact) mass is 386 g/mol. The highest BCUT2D eigenvalue weighted by Crippen LogP contribution is 2.32. The summed E-state index contributed by atoms with van der Waals surface area (Å²) in [4.78, 5) is 14.8. The summed E-state index contributed by atoms with van der Waals surface area (Å²) in [5, 5.41) is 2.89. The molecule has 1 N–H and O–H groups in total. The Balaban J connectivity index is 1.69. The van der Waals surface area contributed by atoms with Crippen LogP contribution in [0.3, 0.4) is 0 Å². The van der Waals surface area contributed by atoms with Crippen molar-refractivity contribution in [3.63, 3.8) is 0 Å². The normalized spacial score (nSPS) is 13.9. The molecule has 28 heavy (non-hydrogen) atoms. The molecule has 2 aromatic carbocycles. The van der Waals surface area contributed by atoms with Crippen molar-refractivity contribution in [2.45, 2.75) is 32.1 Å². The molecule has 1 fully saturated rings. The Morgan fingerprint density at radius 3 is 2.61 bits per heavy atom. The first-order valence-corrected chi connectivity index (χ1v) is 9.66. The summed E-state index contributed by atoms with van der Waals surface area (Å²) in [6.07, 6.45) is 4.20. The van der Waals surface area contributed by atoms with Crippen molar-refractivity contribution in [1.29, 1.82) is 0 Å². The highest BCUT2D eigenvalue weighted by Gasteiger charge is 2.17. The molecule has 6 heteroatoms. The molecule has 2 aromatic rings. The molecule has 1 aliphatic heterocycles. The average molecular weight is 386 g/mol. The summed E-state index contributed by atoms with van der Waals surface area (Å²) in [5.41, 5.74) is 2.31. The molecule has 3 rings (SSSR count). The van der Waals surface area contributed by atoms with Gasteiger partial charge in [0.25, 0.3) is 0 Å². The van der Waals surface area contributed by atoms with E-state index < -0.39 is 0 Å². The number of benzene rings is 2. The predicted octanol–water partition coefficient (Wildman–Crippen LogP) is 4.40. The first kappa shape index (κ1) is 20.0. The van der Waals surface area contributed by atoms with E-state index in [1.54, 1.807) is 20.3 Å². The molecule has 0 spiro atoms. The Hall–Kier alpha value is -2.76. The number of piperidine rings is 1. The van der Waals surface area contributed by atoms with Crippen molar-refractivity contribution in [2.75, 3.05) is 37.5 Å². The minimum absolute atomic E-state index is 0.159. The van der Waals surface area contributed by atoms with Gasteiger partial charge in [0.1, 0.15) is 5.82 Å². The van der Waals surface area contributed by atoms with Crippen molar-refractivity contribution in [1.82, 2.24) is 0 Å². The van der Waals surface area contributed by atoms with E-state index in [9.17, 15) is 9.18 Å². The minimum Gasteiger partial charge on any atom is -0.493 e. The van der Waals surface area contributed by atoms with Crippen LogP contribution in [0.4, 0.5) is 15.8 Å². The second-order valence-corrected chi connectivity index (χ2v) is 6.91. The van der Waals surface area contributed by atoms with Crippen LogP contribution in [-0.2, 0) is 11.2 Å². The Morgan fingerprint density at radius 2 is 1.89 bits per heavy atom. The lowest BCUT2D eigenvalue weighted by Crippen LogP contribution is -2.30. The molecule has 0 unspecified atom stereocenters. The third kappa shape index (κ3) is 4.74. The van der Waals surface area contributed by atoms with E-state index in [1.165, 1.54) is 18.6 Å². The van der Waals surface area contributed by atoms with Crippen LogP contribution in [0, 0.1) is 5.82 Å². The fourth-order valence-corrected chi connectivity index (χ4v) is 3.63. The molecule has 0 aromatic heterocycles. The second-order valence-electron chi connectivity index (χ2n) is 6.91. The molecule has 150 valence electrons. The molecule has 0 bridgehead atoms. The van der Waals surface area contributed by atoms with E-state index in [4.69, 9.17) is 9.47 Å². The topological polar surface area (TPSA) is 50.8 Å². The second kappa shape index (κ2) is 9.44. The highest BCUT2D eigenvalue weighted by atomic mass is 19.1. The van der Waals surface area contributed by atoms with Gasteiger partial charge in [0.15, 0.2) is 11.5 Å². The quantitative estimate of drug-likeness (QED) is 0.766. The number of halogens is 1. The molecule has 1 saturated heterocycles. The number of ether oxygens (including phenoxy) is 2. The van der Waals surface area contributed by atoms with Crippen LogP contribution in [0.2, 0.25) is 0 Å². The maximum absolute atomic E-state index is 13.8. The van der Waals surface area contributed by atoms with Gasteiger partial charge >= 0.3 is 0 Å². The maximum Gasteiger partial charge on any atom is 0.224 e. The number of carbonyl (C=O) groups is 1. The van der Waals surface area contributed by atoms with Crippen LogP contribution >= 0.6 is 0 Å². The van der Waals surface area contributed by atoms with Crippen molar-refractivity contribution >= 4 is 17.3 Å². The van der Waals surface area contributed by atoms with E-state index in [2.05, 4.69) is 10.2 Å². The summed E-state index contributed by atoms with van der Waals surface area (Å²) in [6, 6.07) is 10.2. The van der Waals surface area contributed by atoms with E-state index in [1.807, 2.05) is 18.2 Å². The molecule has 1 aliphatic rings. The predicted molar refractivity (Wildman–Crippen MR) is 109 cm³/mol. The summed E-state index contributed by atoms with van der Waals surface area (Å²) < 4.78 is 24.5. The van der Waals surface area contributed by atoms with E-state index in [0.717, 1.165) is 37.2 Å². The first-order valence-electron chi connectivity index (χ1n) is 9.66. The maximum atomic E-state index is 13.8. The smallest absolute Gasteiger partial charge is 0.224 e. The fraction of sp³-hybridized carbons (Fsp3) is 0.409. The zero-order valence-corrected chi connectivity index (χ0v) is 16.5. The number of hydrogen-bond acceptors (Lipinski definition) is 4. The lowest BCUT2D eigenvalue weighted by atomic mass is 10.1. The van der Waals surface area contributed by atoms with Gasteiger partial charge in [-0.1, -0.05) is 12.1 Å². The van der Waals surface area contributed by atoms with Crippen molar-refractivity contribution < 1.29 is 18.7 Å². The zero-order chi connectivity index (χ0) is 19.9. The molecule has 0 atom stereocenters. The Kier molecular flexibility index (Phi) is 6.74. The van der Waals surface area contributed by atoms with Gasteiger partial charge in [0, 0.05) is 19.5 Å². The number of aryl methyl sites for hydroxylation is 1. The third-order valence-electron chi connectivity index (χ3n) is 5.04. The van der Waals surface area contributed by atoms with Crippen LogP contribution in [-0.4, -0.2) is 33.2 Å². The lowest BCUT2D eigenvalue weighted by Gasteiger charge is -2.30. The van der Waals surface area contributed by atoms with Gasteiger partial charge < -0.3 is 19.7 Å². The molecule has 0 aliphatic carbocycles. The van der Waals surface area contributed by atoms with Gasteiger partial charge in [-0.3, -0.25) is 4.79 Å². The number of amides is 1. The number of carbonyl (C=O) groups excluding carboxylic acids is 1. The third-order valence-corrected chi connectivity index (χ3v) is 5.04. The van der Waals surface area contributed by atoms with Crippen molar-refractivity contribution in [3.8, 4) is 11.5 Å². The van der Waals surface area contributed by atoms with E-state index in [-0.39, 0.29) is 18.1 Å². The molecular weight excluding hydrogens is 359 g/mol. The number of methoxy groups -OCH3 is 2. The van der Waals surface area contributed by atoms with Gasteiger partial charge in [0.05, 0.1) is 25.6 Å². The van der Waals surface area contributed by atoms with Gasteiger partial charge in [-0.25, -0.2) is 4.39 Å². The Bertz CT molecular complexity index is 819. The Morgan fingerprint density at radius 1 is 1.11 bits per heavy atom. The first-order chi connectivity index (χ1) is 13.6. The summed E-state index contributed by atoms with van der Waals surface area (Å²) in [7, 11) is 3.17. The van der Waals surface area contributed by atoms with Crippen molar-refractivity contribution in [3.05, 3.63) is 47.8 Å². The van der Waals surface area contributed by atoms with Crippen LogP contribution in [0.15, 0.2) is 36.4 Å². The van der Waals surface area contributed by atoms with Gasteiger partial charge in [0.2, 0.25) is 5.91 Å². The number of rotatable bonds is 7. The number of nitrogens with one attached hydrogen (secondary N) is 1.